The van der Waals surface area contributed by atoms with Crippen molar-refractivity contribution in [3.8, 4) is 0 Å². The number of hydrogen-bond acceptors (Lipinski definition) is 3. The molecule has 0 aromatic heterocycles. The molecule has 3 nitrogen and oxygen atoms in total. The van der Waals surface area contributed by atoms with Crippen molar-refractivity contribution in [2.24, 2.45) is 0 Å². The van der Waals surface area contributed by atoms with E-state index in [2.05, 4.69) is 10.2 Å². The van der Waals surface area contributed by atoms with Gasteiger partial charge in [-0.15, -0.1) is 0 Å². The minimum atomic E-state index is 0.498. The van der Waals surface area contributed by atoms with Crippen molar-refractivity contribution in [3.63, 3.8) is 0 Å². The lowest BCUT2D eigenvalue weighted by Crippen LogP contribution is -2.51. The van der Waals surface area contributed by atoms with E-state index in [0.29, 0.717) is 12.1 Å². The Labute approximate surface area is 80.4 Å². The number of piperazine rings is 1. The molecule has 1 N–H and O–H groups in total. The summed E-state index contributed by atoms with van der Waals surface area (Å²) in [5.74, 6) is 0. The van der Waals surface area contributed by atoms with Gasteiger partial charge in [0.05, 0.1) is 6.10 Å². The van der Waals surface area contributed by atoms with Crippen LogP contribution in [0.3, 0.4) is 0 Å². The molecule has 2 atom stereocenters. The standard InChI is InChI=1S/C10H20N2O/c1-13-10-4-2-3-9(10)12-7-5-11-6-8-12/h9-11H,2-8H2,1H3/t9-,10-/m1/s1. The molecule has 1 heterocycles. The molecule has 2 aliphatic rings. The van der Waals surface area contributed by atoms with Crippen LogP contribution in [0.2, 0.25) is 0 Å². The Hall–Kier alpha value is -0.120. The Bertz CT molecular complexity index is 157. The van der Waals surface area contributed by atoms with Crippen molar-refractivity contribution in [1.29, 1.82) is 0 Å². The highest BCUT2D eigenvalue weighted by Gasteiger charge is 2.32. The van der Waals surface area contributed by atoms with Crippen LogP contribution < -0.4 is 5.32 Å². The van der Waals surface area contributed by atoms with E-state index in [9.17, 15) is 0 Å². The molecule has 13 heavy (non-hydrogen) atoms. The molecule has 1 aliphatic carbocycles. The number of nitrogens with zero attached hydrogens (tertiary/aromatic N) is 1. The second-order valence-electron chi connectivity index (χ2n) is 4.06. The zero-order valence-corrected chi connectivity index (χ0v) is 8.46. The monoisotopic (exact) mass is 184 g/mol. The highest BCUT2D eigenvalue weighted by atomic mass is 16.5. The maximum atomic E-state index is 5.51. The first-order chi connectivity index (χ1) is 6.42. The second kappa shape index (κ2) is 4.40. The molecule has 76 valence electrons. The van der Waals surface area contributed by atoms with Gasteiger partial charge in [-0.1, -0.05) is 0 Å². The second-order valence-corrected chi connectivity index (χ2v) is 4.06. The number of methoxy groups -OCH3 is 1. The summed E-state index contributed by atoms with van der Waals surface area (Å²) in [5.41, 5.74) is 0. The van der Waals surface area contributed by atoms with Gasteiger partial charge in [0.1, 0.15) is 0 Å². The summed E-state index contributed by atoms with van der Waals surface area (Å²) in [6.07, 6.45) is 4.43. The van der Waals surface area contributed by atoms with Crippen molar-refractivity contribution < 1.29 is 4.74 Å². The van der Waals surface area contributed by atoms with Gasteiger partial charge in [0.15, 0.2) is 0 Å². The summed E-state index contributed by atoms with van der Waals surface area (Å²) in [6.45, 7) is 4.69. The molecule has 3 heteroatoms. The van der Waals surface area contributed by atoms with E-state index in [4.69, 9.17) is 4.74 Å². The lowest BCUT2D eigenvalue weighted by atomic mass is 10.1. The largest absolute Gasteiger partial charge is 0.380 e. The maximum Gasteiger partial charge on any atom is 0.0726 e. The van der Waals surface area contributed by atoms with Crippen LogP contribution >= 0.6 is 0 Å². The number of hydrogen-bond donors (Lipinski definition) is 1. The molecular formula is C10H20N2O. The lowest BCUT2D eigenvalue weighted by Gasteiger charge is -2.35. The molecule has 1 aliphatic heterocycles. The van der Waals surface area contributed by atoms with Crippen LogP contribution in [0.15, 0.2) is 0 Å². The average molecular weight is 184 g/mol. The van der Waals surface area contributed by atoms with Gasteiger partial charge in [0.25, 0.3) is 0 Å². The summed E-state index contributed by atoms with van der Waals surface area (Å²) < 4.78 is 5.51. The number of nitrogens with one attached hydrogen (secondary N) is 1. The third-order valence-corrected chi connectivity index (χ3v) is 3.34. The predicted octanol–water partition coefficient (Wildman–Crippen LogP) is 0.459. The Morgan fingerprint density at radius 1 is 1.23 bits per heavy atom. The van der Waals surface area contributed by atoms with Crippen LogP contribution in [0.5, 0.6) is 0 Å². The van der Waals surface area contributed by atoms with Crippen molar-refractivity contribution in [2.45, 2.75) is 31.4 Å². The van der Waals surface area contributed by atoms with E-state index >= 15 is 0 Å². The van der Waals surface area contributed by atoms with Gasteiger partial charge in [0.2, 0.25) is 0 Å². The fourth-order valence-electron chi connectivity index (χ4n) is 2.61. The van der Waals surface area contributed by atoms with Crippen molar-refractivity contribution in [2.75, 3.05) is 33.3 Å². The molecule has 1 saturated heterocycles. The smallest absolute Gasteiger partial charge is 0.0726 e. The normalized spacial score (nSPS) is 36.7. The molecule has 0 radical (unpaired) electrons. The van der Waals surface area contributed by atoms with Crippen molar-refractivity contribution in [3.05, 3.63) is 0 Å². The lowest BCUT2D eigenvalue weighted by molar-refractivity contribution is 0.0281. The molecule has 1 saturated carbocycles. The molecule has 2 rings (SSSR count). The number of rotatable bonds is 2. The highest BCUT2D eigenvalue weighted by molar-refractivity contribution is 4.87. The van der Waals surface area contributed by atoms with Crippen LogP contribution in [-0.4, -0.2) is 50.3 Å². The zero-order valence-electron chi connectivity index (χ0n) is 8.46. The van der Waals surface area contributed by atoms with Crippen LogP contribution in [-0.2, 0) is 4.74 Å². The summed E-state index contributed by atoms with van der Waals surface area (Å²) in [4.78, 5) is 2.59. The van der Waals surface area contributed by atoms with E-state index in [1.165, 1.54) is 32.4 Å². The average Bonchev–Trinajstić information content (AvgIpc) is 2.67. The number of ether oxygens (including phenoxy) is 1. The van der Waals surface area contributed by atoms with Crippen LogP contribution in [0.4, 0.5) is 0 Å². The van der Waals surface area contributed by atoms with E-state index < -0.39 is 0 Å². The van der Waals surface area contributed by atoms with Crippen LogP contribution in [0.25, 0.3) is 0 Å². The fraction of sp³-hybridized carbons (Fsp3) is 1.00. The van der Waals surface area contributed by atoms with Crippen molar-refractivity contribution >= 4 is 0 Å². The molecule has 0 bridgehead atoms. The Morgan fingerprint density at radius 2 is 2.00 bits per heavy atom. The first-order valence-electron chi connectivity index (χ1n) is 5.39. The van der Waals surface area contributed by atoms with Crippen LogP contribution in [0, 0.1) is 0 Å². The molecule has 0 aromatic carbocycles. The minimum Gasteiger partial charge on any atom is -0.380 e. The van der Waals surface area contributed by atoms with E-state index in [1.807, 2.05) is 7.11 Å². The molecule has 2 fully saturated rings. The first-order valence-corrected chi connectivity index (χ1v) is 5.39. The van der Waals surface area contributed by atoms with Crippen LogP contribution in [0.1, 0.15) is 19.3 Å². The maximum absolute atomic E-state index is 5.51. The molecule has 0 unspecified atom stereocenters. The van der Waals surface area contributed by atoms with Gasteiger partial charge < -0.3 is 10.1 Å². The summed E-state index contributed by atoms with van der Waals surface area (Å²) in [5, 5.41) is 3.39. The molecule has 0 aromatic rings. The Morgan fingerprint density at radius 3 is 2.69 bits per heavy atom. The quantitative estimate of drug-likeness (QED) is 0.675. The van der Waals surface area contributed by atoms with E-state index in [1.54, 1.807) is 0 Å². The van der Waals surface area contributed by atoms with Crippen molar-refractivity contribution in [1.82, 2.24) is 10.2 Å². The van der Waals surface area contributed by atoms with Gasteiger partial charge in [-0.3, -0.25) is 4.90 Å². The summed E-state index contributed by atoms with van der Waals surface area (Å²) in [6, 6.07) is 0.701. The summed E-state index contributed by atoms with van der Waals surface area (Å²) in [7, 11) is 1.85. The first kappa shape index (κ1) is 9.44. The Kier molecular flexibility index (Phi) is 3.19. The fourth-order valence-corrected chi connectivity index (χ4v) is 2.61. The van der Waals surface area contributed by atoms with Gasteiger partial charge in [0, 0.05) is 39.3 Å². The minimum absolute atomic E-state index is 0.498. The van der Waals surface area contributed by atoms with Gasteiger partial charge in [-0.25, -0.2) is 0 Å². The highest BCUT2D eigenvalue weighted by Crippen LogP contribution is 2.26. The Balaban J connectivity index is 1.90. The summed E-state index contributed by atoms with van der Waals surface area (Å²) >= 11 is 0. The third-order valence-electron chi connectivity index (χ3n) is 3.34. The molecular weight excluding hydrogens is 164 g/mol. The van der Waals surface area contributed by atoms with E-state index in [-0.39, 0.29) is 0 Å². The van der Waals surface area contributed by atoms with Gasteiger partial charge in [-0.2, -0.15) is 0 Å². The zero-order chi connectivity index (χ0) is 9.10. The van der Waals surface area contributed by atoms with E-state index in [0.717, 1.165) is 13.1 Å². The van der Waals surface area contributed by atoms with Gasteiger partial charge in [-0.05, 0) is 19.3 Å². The predicted molar refractivity (Wildman–Crippen MR) is 52.9 cm³/mol. The topological polar surface area (TPSA) is 24.5 Å². The molecule has 0 spiro atoms. The SMILES string of the molecule is CO[C@@H]1CCC[C@H]1N1CCNCC1. The third kappa shape index (κ3) is 2.03. The molecule has 0 amide bonds. The van der Waals surface area contributed by atoms with Gasteiger partial charge >= 0.3 is 0 Å².